The fraction of sp³-hybridized carbons (Fsp3) is 0.316. The summed E-state index contributed by atoms with van der Waals surface area (Å²) in [5.74, 6) is 0.0859. The highest BCUT2D eigenvalue weighted by Crippen LogP contribution is 2.32. The Balaban J connectivity index is 1.89. The molecule has 1 aliphatic heterocycles. The molecule has 11 heteroatoms. The van der Waals surface area contributed by atoms with Crippen LogP contribution in [-0.2, 0) is 31.3 Å². The zero-order chi connectivity index (χ0) is 22.1. The third-order valence-electron chi connectivity index (χ3n) is 4.61. The monoisotopic (exact) mass is 453 g/mol. The number of nitrogens with zero attached hydrogens (tertiary/aromatic N) is 1. The quantitative estimate of drug-likeness (QED) is 0.691. The van der Waals surface area contributed by atoms with Gasteiger partial charge in [0.05, 0.1) is 29.6 Å². The fourth-order valence-electron chi connectivity index (χ4n) is 3.32. The van der Waals surface area contributed by atoms with Gasteiger partial charge < -0.3 is 9.64 Å². The minimum absolute atomic E-state index is 0.0731. The van der Waals surface area contributed by atoms with Gasteiger partial charge >= 0.3 is 0 Å². The zero-order valence-electron chi connectivity index (χ0n) is 16.8. The van der Waals surface area contributed by atoms with Gasteiger partial charge in [-0.1, -0.05) is 0 Å². The number of fused-ring (bicyclic) bond motifs is 1. The minimum Gasteiger partial charge on any atom is -0.494 e. The van der Waals surface area contributed by atoms with E-state index >= 15 is 0 Å². The molecule has 0 fully saturated rings. The summed E-state index contributed by atoms with van der Waals surface area (Å²) in [7, 11) is -6.07. The highest BCUT2D eigenvalue weighted by molar-refractivity contribution is 7.92. The molecule has 0 radical (unpaired) electrons. The molecule has 2 N–H and O–H groups in total. The number of aryl methyl sites for hydroxylation is 1. The highest BCUT2D eigenvalue weighted by atomic mass is 32.2. The summed E-state index contributed by atoms with van der Waals surface area (Å²) in [5, 5.41) is 0. The molecule has 162 valence electrons. The standard InChI is InChI=1S/C19H23N3O6S2/c1-13(23)22-10-4-5-14-11-16(7-9-18(14)22)30(26,27)20-15-6-8-17(19(12-15)28-2)21-29(3,24)25/h6-9,11-12,20-21H,4-5,10H2,1-3H3. The molecule has 1 amide bonds. The molecule has 2 aromatic rings. The van der Waals surface area contributed by atoms with Crippen molar-refractivity contribution in [2.24, 2.45) is 0 Å². The normalized spacial score (nSPS) is 14.0. The summed E-state index contributed by atoms with van der Waals surface area (Å²) in [4.78, 5) is 13.5. The Kier molecular flexibility index (Phi) is 5.95. The van der Waals surface area contributed by atoms with E-state index in [0.717, 1.165) is 23.9 Å². The fourth-order valence-corrected chi connectivity index (χ4v) is 4.99. The molecule has 9 nitrogen and oxygen atoms in total. The van der Waals surface area contributed by atoms with Crippen molar-refractivity contribution in [2.75, 3.05) is 34.3 Å². The lowest BCUT2D eigenvalue weighted by Gasteiger charge is -2.28. The van der Waals surface area contributed by atoms with Crippen molar-refractivity contribution < 1.29 is 26.4 Å². The van der Waals surface area contributed by atoms with Gasteiger partial charge in [0.2, 0.25) is 15.9 Å². The molecule has 1 aliphatic rings. The predicted molar refractivity (Wildman–Crippen MR) is 115 cm³/mol. The number of benzene rings is 2. The van der Waals surface area contributed by atoms with Crippen molar-refractivity contribution in [3.05, 3.63) is 42.0 Å². The van der Waals surface area contributed by atoms with E-state index in [2.05, 4.69) is 9.44 Å². The second-order valence-corrected chi connectivity index (χ2v) is 10.4. The van der Waals surface area contributed by atoms with E-state index in [9.17, 15) is 21.6 Å². The number of methoxy groups -OCH3 is 1. The van der Waals surface area contributed by atoms with Crippen LogP contribution in [0.4, 0.5) is 17.1 Å². The van der Waals surface area contributed by atoms with Gasteiger partial charge in [-0.15, -0.1) is 0 Å². The summed E-state index contributed by atoms with van der Waals surface area (Å²) >= 11 is 0. The summed E-state index contributed by atoms with van der Waals surface area (Å²) in [6.07, 6.45) is 2.45. The number of sulfonamides is 2. The van der Waals surface area contributed by atoms with Crippen molar-refractivity contribution >= 4 is 43.0 Å². The Labute approximate surface area is 176 Å². The van der Waals surface area contributed by atoms with Crippen LogP contribution in [0.3, 0.4) is 0 Å². The summed E-state index contributed by atoms with van der Waals surface area (Å²) < 4.78 is 58.6. The number of anilines is 3. The number of nitrogens with one attached hydrogen (secondary N) is 2. The zero-order valence-corrected chi connectivity index (χ0v) is 18.4. The topological polar surface area (TPSA) is 122 Å². The van der Waals surface area contributed by atoms with E-state index in [-0.39, 0.29) is 27.9 Å². The SMILES string of the molecule is COc1cc(NS(=O)(=O)c2ccc3c(c2)CCCN3C(C)=O)ccc1NS(C)(=O)=O. The Bertz CT molecular complexity index is 1190. The molecule has 0 aliphatic carbocycles. The van der Waals surface area contributed by atoms with Gasteiger partial charge in [-0.3, -0.25) is 14.2 Å². The molecule has 0 bridgehead atoms. The van der Waals surface area contributed by atoms with Crippen LogP contribution in [0.15, 0.2) is 41.3 Å². The molecule has 3 rings (SSSR count). The molecular weight excluding hydrogens is 430 g/mol. The Morgan fingerprint density at radius 3 is 2.43 bits per heavy atom. The van der Waals surface area contributed by atoms with Crippen LogP contribution >= 0.6 is 0 Å². The van der Waals surface area contributed by atoms with Gasteiger partial charge in [0.15, 0.2) is 0 Å². The Hall–Kier alpha value is -2.79. The number of rotatable bonds is 6. The number of hydrogen-bond donors (Lipinski definition) is 2. The molecular formula is C19H23N3O6S2. The largest absolute Gasteiger partial charge is 0.494 e. The first-order valence-corrected chi connectivity index (χ1v) is 12.5. The van der Waals surface area contributed by atoms with E-state index in [1.807, 2.05) is 0 Å². The van der Waals surface area contributed by atoms with Crippen LogP contribution in [-0.4, -0.2) is 42.7 Å². The number of hydrogen-bond acceptors (Lipinski definition) is 6. The lowest BCUT2D eigenvalue weighted by molar-refractivity contribution is -0.116. The molecule has 0 spiro atoms. The molecule has 0 aromatic heterocycles. The third-order valence-corrected chi connectivity index (χ3v) is 6.58. The lowest BCUT2D eigenvalue weighted by Crippen LogP contribution is -2.33. The first-order valence-electron chi connectivity index (χ1n) is 9.10. The number of amides is 1. The van der Waals surface area contributed by atoms with Gasteiger partial charge in [0, 0.05) is 25.2 Å². The van der Waals surface area contributed by atoms with E-state index in [4.69, 9.17) is 4.74 Å². The van der Waals surface area contributed by atoms with E-state index < -0.39 is 20.0 Å². The van der Waals surface area contributed by atoms with Crippen LogP contribution in [0.5, 0.6) is 5.75 Å². The van der Waals surface area contributed by atoms with Crippen LogP contribution in [0.2, 0.25) is 0 Å². The molecule has 2 aromatic carbocycles. The first kappa shape index (κ1) is 21.9. The molecule has 0 unspecified atom stereocenters. The molecule has 0 saturated heterocycles. The number of ether oxygens (including phenoxy) is 1. The predicted octanol–water partition coefficient (Wildman–Crippen LogP) is 2.17. The average Bonchev–Trinajstić information content (AvgIpc) is 2.66. The Morgan fingerprint density at radius 2 is 1.80 bits per heavy atom. The van der Waals surface area contributed by atoms with Crippen molar-refractivity contribution in [2.45, 2.75) is 24.7 Å². The smallest absolute Gasteiger partial charge is 0.261 e. The summed E-state index contributed by atoms with van der Waals surface area (Å²) in [6.45, 7) is 2.09. The highest BCUT2D eigenvalue weighted by Gasteiger charge is 2.23. The van der Waals surface area contributed by atoms with Crippen LogP contribution < -0.4 is 19.1 Å². The third kappa shape index (κ3) is 4.85. The van der Waals surface area contributed by atoms with Gasteiger partial charge in [-0.25, -0.2) is 16.8 Å². The van der Waals surface area contributed by atoms with Crippen LogP contribution in [0.25, 0.3) is 0 Å². The van der Waals surface area contributed by atoms with Crippen molar-refractivity contribution in [1.29, 1.82) is 0 Å². The second-order valence-electron chi connectivity index (χ2n) is 6.96. The molecule has 0 saturated carbocycles. The number of carbonyl (C=O) groups excluding carboxylic acids is 1. The first-order chi connectivity index (χ1) is 14.0. The molecule has 0 atom stereocenters. The minimum atomic E-state index is -3.91. The molecule has 30 heavy (non-hydrogen) atoms. The van der Waals surface area contributed by atoms with E-state index in [1.165, 1.54) is 38.3 Å². The second kappa shape index (κ2) is 8.15. The van der Waals surface area contributed by atoms with E-state index in [0.29, 0.717) is 13.0 Å². The molecule has 1 heterocycles. The maximum absolute atomic E-state index is 12.9. The number of carbonyl (C=O) groups is 1. The summed E-state index contributed by atoms with van der Waals surface area (Å²) in [5.41, 5.74) is 1.94. The van der Waals surface area contributed by atoms with Crippen molar-refractivity contribution in [1.82, 2.24) is 0 Å². The van der Waals surface area contributed by atoms with Gasteiger partial charge in [-0.2, -0.15) is 0 Å². The Morgan fingerprint density at radius 1 is 1.07 bits per heavy atom. The van der Waals surface area contributed by atoms with Crippen molar-refractivity contribution in [3.63, 3.8) is 0 Å². The lowest BCUT2D eigenvalue weighted by atomic mass is 10.0. The van der Waals surface area contributed by atoms with Crippen molar-refractivity contribution in [3.8, 4) is 5.75 Å². The maximum atomic E-state index is 12.9. The van der Waals surface area contributed by atoms with Crippen LogP contribution in [0, 0.1) is 0 Å². The maximum Gasteiger partial charge on any atom is 0.261 e. The van der Waals surface area contributed by atoms with Gasteiger partial charge in [-0.05, 0) is 48.7 Å². The van der Waals surface area contributed by atoms with Gasteiger partial charge in [0.1, 0.15) is 5.75 Å². The average molecular weight is 454 g/mol. The van der Waals surface area contributed by atoms with E-state index in [1.54, 1.807) is 17.0 Å². The summed E-state index contributed by atoms with van der Waals surface area (Å²) in [6, 6.07) is 8.91. The van der Waals surface area contributed by atoms with Crippen LogP contribution in [0.1, 0.15) is 18.9 Å². The van der Waals surface area contributed by atoms with Gasteiger partial charge in [0.25, 0.3) is 10.0 Å².